The third kappa shape index (κ3) is 4.05. The van der Waals surface area contributed by atoms with Crippen LogP contribution in [0.4, 0.5) is 10.6 Å². The van der Waals surface area contributed by atoms with E-state index in [1.54, 1.807) is 4.90 Å². The quantitative estimate of drug-likeness (QED) is 0.785. The number of fused-ring (bicyclic) bond motifs is 1. The van der Waals surface area contributed by atoms with Crippen molar-refractivity contribution in [2.24, 2.45) is 0 Å². The highest BCUT2D eigenvalue weighted by atomic mass is 16.6. The second kappa shape index (κ2) is 7.20. The van der Waals surface area contributed by atoms with Gasteiger partial charge in [-0.1, -0.05) is 18.2 Å². The van der Waals surface area contributed by atoms with E-state index in [0.29, 0.717) is 31.0 Å². The number of hydrogen-bond acceptors (Lipinski definition) is 5. The molecule has 0 bridgehead atoms. The van der Waals surface area contributed by atoms with E-state index in [9.17, 15) is 10.1 Å². The van der Waals surface area contributed by atoms with Gasteiger partial charge >= 0.3 is 6.09 Å². The van der Waals surface area contributed by atoms with Crippen LogP contribution in [-0.4, -0.2) is 47.8 Å². The molecular weight excluding hydrogens is 328 g/mol. The molecule has 0 atom stereocenters. The second-order valence-corrected chi connectivity index (χ2v) is 7.47. The molecular formula is C20H24N4O2. The predicted molar refractivity (Wildman–Crippen MR) is 101 cm³/mol. The lowest BCUT2D eigenvalue weighted by Gasteiger charge is -2.27. The SMILES string of the molecule is CC(C)(C)OC(=O)N1CCCN(c2nc3ccccc3cc2C#N)CC1. The van der Waals surface area contributed by atoms with Crippen molar-refractivity contribution in [3.8, 4) is 6.07 Å². The minimum absolute atomic E-state index is 0.286. The van der Waals surface area contributed by atoms with Gasteiger partial charge in [-0.15, -0.1) is 0 Å². The summed E-state index contributed by atoms with van der Waals surface area (Å²) in [5, 5.41) is 10.5. The molecule has 1 fully saturated rings. The Hall–Kier alpha value is -2.81. The molecule has 0 unspecified atom stereocenters. The van der Waals surface area contributed by atoms with Crippen LogP contribution in [0.5, 0.6) is 0 Å². The van der Waals surface area contributed by atoms with Crippen molar-refractivity contribution in [2.75, 3.05) is 31.1 Å². The Kier molecular flexibility index (Phi) is 4.99. The number of hydrogen-bond donors (Lipinski definition) is 0. The Bertz CT molecular complexity index is 851. The van der Waals surface area contributed by atoms with Crippen LogP contribution in [0, 0.1) is 11.3 Å². The molecule has 0 spiro atoms. The molecule has 1 aliphatic heterocycles. The highest BCUT2D eigenvalue weighted by Gasteiger charge is 2.25. The number of aromatic nitrogens is 1. The van der Waals surface area contributed by atoms with E-state index in [4.69, 9.17) is 9.72 Å². The van der Waals surface area contributed by atoms with Crippen molar-refractivity contribution in [3.63, 3.8) is 0 Å². The van der Waals surface area contributed by atoms with E-state index in [0.717, 1.165) is 23.9 Å². The van der Waals surface area contributed by atoms with Gasteiger partial charge in [0.05, 0.1) is 11.1 Å². The van der Waals surface area contributed by atoms with E-state index < -0.39 is 5.60 Å². The molecule has 3 rings (SSSR count). The van der Waals surface area contributed by atoms with E-state index in [1.807, 2.05) is 51.1 Å². The van der Waals surface area contributed by atoms with E-state index in [-0.39, 0.29) is 6.09 Å². The number of ether oxygens (including phenoxy) is 1. The van der Waals surface area contributed by atoms with E-state index in [2.05, 4.69) is 11.0 Å². The number of nitriles is 1. The predicted octanol–water partition coefficient (Wildman–Crippen LogP) is 3.55. The number of benzene rings is 1. The number of carbonyl (C=O) groups is 1. The highest BCUT2D eigenvalue weighted by Crippen LogP contribution is 2.24. The smallest absolute Gasteiger partial charge is 0.410 e. The molecule has 1 aliphatic rings. The van der Waals surface area contributed by atoms with Crippen molar-refractivity contribution in [1.82, 2.24) is 9.88 Å². The van der Waals surface area contributed by atoms with E-state index in [1.165, 1.54) is 0 Å². The molecule has 1 aromatic heterocycles. The lowest BCUT2D eigenvalue weighted by atomic mass is 10.1. The van der Waals surface area contributed by atoms with Gasteiger partial charge in [0.25, 0.3) is 0 Å². The first kappa shape index (κ1) is 18.0. The average molecular weight is 352 g/mol. The number of nitrogens with zero attached hydrogens (tertiary/aromatic N) is 4. The zero-order valence-corrected chi connectivity index (χ0v) is 15.5. The van der Waals surface area contributed by atoms with Crippen LogP contribution in [0.15, 0.2) is 30.3 Å². The molecule has 1 aromatic carbocycles. The fourth-order valence-electron chi connectivity index (χ4n) is 3.07. The summed E-state index contributed by atoms with van der Waals surface area (Å²) in [5.41, 5.74) is 0.931. The van der Waals surface area contributed by atoms with Crippen LogP contribution >= 0.6 is 0 Å². The van der Waals surface area contributed by atoms with Crippen molar-refractivity contribution < 1.29 is 9.53 Å². The Balaban J connectivity index is 1.80. The molecule has 1 saturated heterocycles. The molecule has 2 aromatic rings. The van der Waals surface area contributed by atoms with Gasteiger partial charge in [-0.25, -0.2) is 9.78 Å². The summed E-state index contributed by atoms with van der Waals surface area (Å²) >= 11 is 0. The van der Waals surface area contributed by atoms with Gasteiger partial charge < -0.3 is 14.5 Å². The molecule has 6 nitrogen and oxygen atoms in total. The summed E-state index contributed by atoms with van der Waals surface area (Å²) in [6.45, 7) is 8.17. The van der Waals surface area contributed by atoms with Gasteiger partial charge in [-0.05, 0) is 39.3 Å². The van der Waals surface area contributed by atoms with Crippen molar-refractivity contribution in [1.29, 1.82) is 5.26 Å². The summed E-state index contributed by atoms with van der Waals surface area (Å²) < 4.78 is 5.48. The fourth-order valence-corrected chi connectivity index (χ4v) is 3.07. The van der Waals surface area contributed by atoms with Gasteiger partial charge in [-0.3, -0.25) is 0 Å². The standard InChI is InChI=1S/C20H24N4O2/c1-20(2,3)26-19(25)24-10-6-9-23(11-12-24)18-16(14-21)13-15-7-4-5-8-17(15)22-18/h4-5,7-8,13H,6,9-12H2,1-3H3. The molecule has 136 valence electrons. The number of anilines is 1. The van der Waals surface area contributed by atoms with Gasteiger partial charge in [0.1, 0.15) is 17.5 Å². The largest absolute Gasteiger partial charge is 0.444 e. The highest BCUT2D eigenvalue weighted by molar-refractivity contribution is 5.83. The van der Waals surface area contributed by atoms with E-state index >= 15 is 0 Å². The van der Waals surface area contributed by atoms with Crippen LogP contribution in [-0.2, 0) is 4.74 Å². The molecule has 0 radical (unpaired) electrons. The van der Waals surface area contributed by atoms with Gasteiger partial charge in [-0.2, -0.15) is 5.26 Å². The number of rotatable bonds is 1. The fraction of sp³-hybridized carbons (Fsp3) is 0.450. The van der Waals surface area contributed by atoms with Crippen molar-refractivity contribution >= 4 is 22.8 Å². The Morgan fingerprint density at radius 3 is 2.69 bits per heavy atom. The van der Waals surface area contributed by atoms with Crippen molar-refractivity contribution in [2.45, 2.75) is 32.8 Å². The van der Waals surface area contributed by atoms with Gasteiger partial charge in [0.15, 0.2) is 0 Å². The van der Waals surface area contributed by atoms with Crippen molar-refractivity contribution in [3.05, 3.63) is 35.9 Å². The Labute approximate surface area is 154 Å². The van der Waals surface area contributed by atoms with Crippen LogP contribution in [0.3, 0.4) is 0 Å². The zero-order chi connectivity index (χ0) is 18.7. The van der Waals surface area contributed by atoms with Gasteiger partial charge in [0, 0.05) is 31.6 Å². The second-order valence-electron chi connectivity index (χ2n) is 7.47. The summed E-state index contributed by atoms with van der Waals surface area (Å²) in [5.74, 6) is 0.692. The summed E-state index contributed by atoms with van der Waals surface area (Å²) in [6.07, 6.45) is 0.518. The molecule has 0 aliphatic carbocycles. The lowest BCUT2D eigenvalue weighted by Crippen LogP contribution is -2.39. The topological polar surface area (TPSA) is 69.5 Å². The van der Waals surface area contributed by atoms with Crippen LogP contribution in [0.25, 0.3) is 10.9 Å². The minimum atomic E-state index is -0.503. The molecule has 0 saturated carbocycles. The first-order valence-corrected chi connectivity index (χ1v) is 8.90. The van der Waals surface area contributed by atoms with Crippen LogP contribution in [0.2, 0.25) is 0 Å². The van der Waals surface area contributed by atoms with Gasteiger partial charge in [0.2, 0.25) is 0 Å². The first-order chi connectivity index (χ1) is 12.4. The lowest BCUT2D eigenvalue weighted by molar-refractivity contribution is 0.0263. The first-order valence-electron chi connectivity index (χ1n) is 8.90. The summed E-state index contributed by atoms with van der Waals surface area (Å²) in [6, 6.07) is 11.9. The zero-order valence-electron chi connectivity index (χ0n) is 15.5. The third-order valence-electron chi connectivity index (χ3n) is 4.27. The maximum atomic E-state index is 12.3. The number of para-hydroxylation sites is 1. The maximum Gasteiger partial charge on any atom is 0.410 e. The number of carbonyl (C=O) groups excluding carboxylic acids is 1. The maximum absolute atomic E-state index is 12.3. The summed E-state index contributed by atoms with van der Waals surface area (Å²) in [7, 11) is 0. The summed E-state index contributed by atoms with van der Waals surface area (Å²) in [4.78, 5) is 20.9. The van der Waals surface area contributed by atoms with Crippen LogP contribution < -0.4 is 4.90 Å². The molecule has 6 heteroatoms. The number of amides is 1. The molecule has 2 heterocycles. The Morgan fingerprint density at radius 2 is 1.96 bits per heavy atom. The Morgan fingerprint density at radius 1 is 1.19 bits per heavy atom. The third-order valence-corrected chi connectivity index (χ3v) is 4.27. The monoisotopic (exact) mass is 352 g/mol. The molecule has 1 amide bonds. The normalized spacial score (nSPS) is 15.5. The average Bonchev–Trinajstić information content (AvgIpc) is 2.85. The molecule has 26 heavy (non-hydrogen) atoms. The number of pyridine rings is 1. The van der Waals surface area contributed by atoms with Crippen LogP contribution in [0.1, 0.15) is 32.8 Å². The molecule has 0 N–H and O–H groups in total. The minimum Gasteiger partial charge on any atom is -0.444 e.